The third-order valence-corrected chi connectivity index (χ3v) is 2.78. The van der Waals surface area contributed by atoms with Gasteiger partial charge in [0.05, 0.1) is 0 Å². The van der Waals surface area contributed by atoms with Crippen LogP contribution in [0, 0.1) is 0 Å². The molecule has 108 valence electrons. The molecular formula is C11H16ClF3N4. The number of alkyl halides is 3. The Labute approximate surface area is 115 Å². The van der Waals surface area contributed by atoms with Crippen molar-refractivity contribution in [3.05, 3.63) is 16.9 Å². The number of nitrogens with zero attached hydrogens (tertiary/aromatic N) is 3. The first-order chi connectivity index (χ1) is 8.86. The molecule has 1 aromatic heterocycles. The molecule has 0 aromatic carbocycles. The molecule has 0 saturated carbocycles. The zero-order valence-corrected chi connectivity index (χ0v) is 11.5. The zero-order valence-electron chi connectivity index (χ0n) is 10.8. The number of halogens is 4. The summed E-state index contributed by atoms with van der Waals surface area (Å²) in [7, 11) is 0. The largest absolute Gasteiger partial charge is 0.433 e. The molecule has 1 rings (SSSR count). The van der Waals surface area contributed by atoms with Crippen LogP contribution in [0.15, 0.2) is 6.07 Å². The van der Waals surface area contributed by atoms with Crippen LogP contribution in [0.1, 0.15) is 19.5 Å². The molecule has 1 heterocycles. The van der Waals surface area contributed by atoms with Gasteiger partial charge in [0.15, 0.2) is 5.69 Å². The number of hydrogen-bond donors (Lipinski definition) is 1. The van der Waals surface area contributed by atoms with Crippen LogP contribution >= 0.6 is 11.6 Å². The molecule has 1 N–H and O–H groups in total. The monoisotopic (exact) mass is 296 g/mol. The van der Waals surface area contributed by atoms with Crippen LogP contribution in [0.5, 0.6) is 0 Å². The third kappa shape index (κ3) is 5.20. The molecule has 1 aromatic rings. The lowest BCUT2D eigenvalue weighted by molar-refractivity contribution is -0.141. The van der Waals surface area contributed by atoms with E-state index in [0.717, 1.165) is 13.1 Å². The van der Waals surface area contributed by atoms with E-state index in [9.17, 15) is 13.2 Å². The van der Waals surface area contributed by atoms with Crippen molar-refractivity contribution in [1.29, 1.82) is 0 Å². The zero-order chi connectivity index (χ0) is 14.5. The van der Waals surface area contributed by atoms with Crippen LogP contribution in [0.3, 0.4) is 0 Å². The predicted molar refractivity (Wildman–Crippen MR) is 68.3 cm³/mol. The van der Waals surface area contributed by atoms with E-state index < -0.39 is 11.9 Å². The highest BCUT2D eigenvalue weighted by molar-refractivity contribution is 6.29. The Bertz CT molecular complexity index is 407. The first-order valence-electron chi connectivity index (χ1n) is 5.94. The lowest BCUT2D eigenvalue weighted by Gasteiger charge is -2.18. The summed E-state index contributed by atoms with van der Waals surface area (Å²) < 4.78 is 37.6. The maximum Gasteiger partial charge on any atom is 0.433 e. The van der Waals surface area contributed by atoms with Gasteiger partial charge in [-0.2, -0.15) is 13.2 Å². The summed E-state index contributed by atoms with van der Waals surface area (Å²) in [5.41, 5.74) is -1.04. The molecule has 0 radical (unpaired) electrons. The van der Waals surface area contributed by atoms with Crippen LogP contribution in [0.4, 0.5) is 19.1 Å². The highest BCUT2D eigenvalue weighted by atomic mass is 35.5. The summed E-state index contributed by atoms with van der Waals surface area (Å²) in [6, 6.07) is 0.705. The van der Waals surface area contributed by atoms with Crippen molar-refractivity contribution >= 4 is 17.5 Å². The second kappa shape index (κ2) is 6.91. The number of rotatable bonds is 6. The van der Waals surface area contributed by atoms with Crippen molar-refractivity contribution in [2.45, 2.75) is 20.0 Å². The fraction of sp³-hybridized carbons (Fsp3) is 0.636. The van der Waals surface area contributed by atoms with E-state index in [0.29, 0.717) is 19.2 Å². The van der Waals surface area contributed by atoms with Gasteiger partial charge >= 0.3 is 6.18 Å². The quantitative estimate of drug-likeness (QED) is 0.820. The minimum atomic E-state index is -4.53. The van der Waals surface area contributed by atoms with Crippen LogP contribution in [0.25, 0.3) is 0 Å². The van der Waals surface area contributed by atoms with Crippen LogP contribution in [-0.4, -0.2) is 41.0 Å². The minimum absolute atomic E-state index is 0.105. The van der Waals surface area contributed by atoms with Gasteiger partial charge < -0.3 is 10.2 Å². The molecule has 0 unspecified atom stereocenters. The van der Waals surface area contributed by atoms with E-state index in [1.165, 1.54) is 0 Å². The van der Waals surface area contributed by atoms with Crippen molar-refractivity contribution in [1.82, 2.24) is 14.9 Å². The number of aromatic nitrogens is 2. The molecule has 19 heavy (non-hydrogen) atoms. The minimum Gasteiger partial charge on any atom is -0.353 e. The molecule has 0 fully saturated rings. The molecule has 0 spiro atoms. The summed E-state index contributed by atoms with van der Waals surface area (Å²) in [4.78, 5) is 9.25. The van der Waals surface area contributed by atoms with Gasteiger partial charge in [-0.15, -0.1) is 0 Å². The van der Waals surface area contributed by atoms with Crippen molar-refractivity contribution in [3.63, 3.8) is 0 Å². The predicted octanol–water partition coefficient (Wildman–Crippen LogP) is 2.90. The number of nitrogens with one attached hydrogen (secondary N) is 1. The molecule has 4 nitrogen and oxygen atoms in total. The SMILES string of the molecule is CCN(CC)CCNc1nc(Cl)cc(C(F)(F)F)n1. The smallest absolute Gasteiger partial charge is 0.353 e. The molecule has 0 aliphatic rings. The van der Waals surface area contributed by atoms with Crippen molar-refractivity contribution in [2.75, 3.05) is 31.5 Å². The fourth-order valence-corrected chi connectivity index (χ4v) is 1.69. The Morgan fingerprint density at radius 1 is 1.26 bits per heavy atom. The summed E-state index contributed by atoms with van der Waals surface area (Å²) in [5, 5.41) is 2.52. The summed E-state index contributed by atoms with van der Waals surface area (Å²) in [5.74, 6) is -0.105. The van der Waals surface area contributed by atoms with Gasteiger partial charge in [0.1, 0.15) is 5.15 Å². The lowest BCUT2D eigenvalue weighted by Crippen LogP contribution is -2.29. The molecule has 8 heteroatoms. The van der Waals surface area contributed by atoms with Crippen molar-refractivity contribution in [3.8, 4) is 0 Å². The van der Waals surface area contributed by atoms with E-state index in [2.05, 4.69) is 20.2 Å². The second-order valence-corrected chi connectivity index (χ2v) is 4.24. The average Bonchev–Trinajstić information content (AvgIpc) is 2.33. The van der Waals surface area contributed by atoms with Gasteiger partial charge in [-0.25, -0.2) is 9.97 Å². The van der Waals surface area contributed by atoms with Gasteiger partial charge in [-0.3, -0.25) is 0 Å². The Balaban J connectivity index is 2.66. The van der Waals surface area contributed by atoms with Crippen LogP contribution < -0.4 is 5.32 Å². The first kappa shape index (κ1) is 16.0. The summed E-state index contributed by atoms with van der Waals surface area (Å²) >= 11 is 5.55. The molecule has 0 aliphatic carbocycles. The van der Waals surface area contributed by atoms with E-state index in [-0.39, 0.29) is 11.1 Å². The normalized spacial score (nSPS) is 11.9. The fourth-order valence-electron chi connectivity index (χ4n) is 1.51. The highest BCUT2D eigenvalue weighted by Crippen LogP contribution is 2.29. The van der Waals surface area contributed by atoms with E-state index >= 15 is 0 Å². The Morgan fingerprint density at radius 3 is 2.42 bits per heavy atom. The van der Waals surface area contributed by atoms with Crippen molar-refractivity contribution < 1.29 is 13.2 Å². The highest BCUT2D eigenvalue weighted by Gasteiger charge is 2.33. The Morgan fingerprint density at radius 2 is 1.89 bits per heavy atom. The van der Waals surface area contributed by atoms with Crippen LogP contribution in [-0.2, 0) is 6.18 Å². The molecule has 0 atom stereocenters. The number of hydrogen-bond acceptors (Lipinski definition) is 4. The number of anilines is 1. The third-order valence-electron chi connectivity index (χ3n) is 2.59. The Kier molecular flexibility index (Phi) is 5.81. The van der Waals surface area contributed by atoms with Gasteiger partial charge in [0.2, 0.25) is 5.95 Å². The van der Waals surface area contributed by atoms with Gasteiger partial charge in [-0.1, -0.05) is 25.4 Å². The molecule has 0 bridgehead atoms. The molecule has 0 amide bonds. The number of likely N-dealkylation sites (N-methyl/N-ethyl adjacent to an activating group) is 1. The van der Waals surface area contributed by atoms with Gasteiger partial charge in [0.25, 0.3) is 0 Å². The standard InChI is InChI=1S/C11H16ClF3N4/c1-3-19(4-2)6-5-16-10-17-8(11(13,14)15)7-9(12)18-10/h7H,3-6H2,1-2H3,(H,16,17,18). The maximum atomic E-state index is 12.5. The van der Waals surface area contributed by atoms with E-state index in [4.69, 9.17) is 11.6 Å². The Hall–Kier alpha value is -1.08. The summed E-state index contributed by atoms with van der Waals surface area (Å²) in [6.45, 7) is 6.94. The topological polar surface area (TPSA) is 41.0 Å². The van der Waals surface area contributed by atoms with Crippen molar-refractivity contribution in [2.24, 2.45) is 0 Å². The second-order valence-electron chi connectivity index (χ2n) is 3.85. The molecular weight excluding hydrogens is 281 g/mol. The van der Waals surface area contributed by atoms with Crippen LogP contribution in [0.2, 0.25) is 5.15 Å². The molecule has 0 aliphatic heterocycles. The van der Waals surface area contributed by atoms with Gasteiger partial charge in [-0.05, 0) is 13.1 Å². The maximum absolute atomic E-state index is 12.5. The van der Waals surface area contributed by atoms with E-state index in [1.807, 2.05) is 13.8 Å². The van der Waals surface area contributed by atoms with Gasteiger partial charge in [0, 0.05) is 19.2 Å². The molecule has 0 saturated heterocycles. The average molecular weight is 297 g/mol. The first-order valence-corrected chi connectivity index (χ1v) is 6.32. The lowest BCUT2D eigenvalue weighted by atomic mass is 10.4. The summed E-state index contributed by atoms with van der Waals surface area (Å²) in [6.07, 6.45) is -4.53. The van der Waals surface area contributed by atoms with E-state index in [1.54, 1.807) is 0 Å².